The Morgan fingerprint density at radius 1 is 1.13 bits per heavy atom. The van der Waals surface area contributed by atoms with Gasteiger partial charge in [-0.05, 0) is 37.8 Å². The molecule has 9 heteroatoms. The predicted octanol–water partition coefficient (Wildman–Crippen LogP) is 2.74. The molecule has 2 aliphatic rings. The SMILES string of the molecule is NC(=O)c1cc(F)c(NC2CCCCC2N)nc1Nc1ccnc(N2CCCC2)c1. The van der Waals surface area contributed by atoms with Gasteiger partial charge in [-0.1, -0.05) is 12.8 Å². The monoisotopic (exact) mass is 413 g/mol. The van der Waals surface area contributed by atoms with E-state index in [1.54, 1.807) is 12.3 Å². The van der Waals surface area contributed by atoms with E-state index < -0.39 is 11.7 Å². The van der Waals surface area contributed by atoms with Crippen molar-refractivity contribution in [1.82, 2.24) is 9.97 Å². The maximum atomic E-state index is 14.7. The number of nitrogens with zero attached hydrogens (tertiary/aromatic N) is 3. The van der Waals surface area contributed by atoms with Gasteiger partial charge < -0.3 is 27.0 Å². The average molecular weight is 414 g/mol. The summed E-state index contributed by atoms with van der Waals surface area (Å²) in [6.45, 7) is 1.93. The number of amides is 1. The summed E-state index contributed by atoms with van der Waals surface area (Å²) in [4.78, 5) is 22.9. The third kappa shape index (κ3) is 4.46. The first-order valence-electron chi connectivity index (χ1n) is 10.5. The Morgan fingerprint density at radius 3 is 2.63 bits per heavy atom. The van der Waals surface area contributed by atoms with E-state index in [9.17, 15) is 9.18 Å². The molecule has 2 aromatic heterocycles. The number of halogens is 1. The van der Waals surface area contributed by atoms with Crippen LogP contribution in [-0.2, 0) is 0 Å². The molecular weight excluding hydrogens is 385 g/mol. The number of nitrogens with one attached hydrogen (secondary N) is 2. The summed E-state index contributed by atoms with van der Waals surface area (Å²) in [5.74, 6) is -0.252. The molecule has 0 aromatic carbocycles. The van der Waals surface area contributed by atoms with Gasteiger partial charge in [-0.3, -0.25) is 4.79 Å². The van der Waals surface area contributed by atoms with E-state index in [1.165, 1.54) is 0 Å². The van der Waals surface area contributed by atoms with Gasteiger partial charge in [0.15, 0.2) is 11.6 Å². The van der Waals surface area contributed by atoms with Crippen molar-refractivity contribution in [1.29, 1.82) is 0 Å². The molecule has 2 fully saturated rings. The van der Waals surface area contributed by atoms with E-state index in [0.717, 1.165) is 63.5 Å². The topological polar surface area (TPSA) is 122 Å². The second-order valence-electron chi connectivity index (χ2n) is 8.00. The van der Waals surface area contributed by atoms with Gasteiger partial charge in [0.05, 0.1) is 5.56 Å². The molecular formula is C21H28FN7O. The Bertz CT molecular complexity index is 916. The van der Waals surface area contributed by atoms with E-state index >= 15 is 0 Å². The molecule has 160 valence electrons. The number of pyridine rings is 2. The van der Waals surface area contributed by atoms with Crippen molar-refractivity contribution in [3.8, 4) is 0 Å². The standard InChI is InChI=1S/C21H28FN7O/c22-15-12-14(19(24)30)20(28-21(15)27-17-6-2-1-5-16(17)23)26-13-7-8-25-18(11-13)29-9-3-4-10-29/h7-8,11-12,16-17H,1-6,9-10,23H2,(H2,24,30)(H2,25,26,27,28). The van der Waals surface area contributed by atoms with Gasteiger partial charge in [-0.2, -0.15) is 0 Å². The van der Waals surface area contributed by atoms with Crippen molar-refractivity contribution >= 4 is 29.0 Å². The first-order valence-corrected chi connectivity index (χ1v) is 10.5. The molecule has 2 unspecified atom stereocenters. The van der Waals surface area contributed by atoms with Crippen molar-refractivity contribution in [2.75, 3.05) is 28.6 Å². The molecule has 1 saturated heterocycles. The lowest BCUT2D eigenvalue weighted by Gasteiger charge is -2.30. The minimum absolute atomic E-state index is 0.00877. The Kier molecular flexibility index (Phi) is 5.98. The predicted molar refractivity (Wildman–Crippen MR) is 116 cm³/mol. The second kappa shape index (κ2) is 8.83. The molecule has 0 spiro atoms. The van der Waals surface area contributed by atoms with Crippen molar-refractivity contribution < 1.29 is 9.18 Å². The van der Waals surface area contributed by atoms with Gasteiger partial charge in [0, 0.05) is 43.1 Å². The number of nitrogens with two attached hydrogens (primary N) is 2. The maximum Gasteiger partial charge on any atom is 0.252 e. The highest BCUT2D eigenvalue weighted by Crippen LogP contribution is 2.28. The molecule has 2 aromatic rings. The number of primary amides is 1. The lowest BCUT2D eigenvalue weighted by molar-refractivity contribution is 0.100. The van der Waals surface area contributed by atoms with Crippen LogP contribution in [0.15, 0.2) is 24.4 Å². The highest BCUT2D eigenvalue weighted by molar-refractivity contribution is 5.98. The van der Waals surface area contributed by atoms with Crippen LogP contribution in [0, 0.1) is 5.82 Å². The molecule has 1 aliphatic carbocycles. The number of hydrogen-bond donors (Lipinski definition) is 4. The molecule has 1 amide bonds. The van der Waals surface area contributed by atoms with E-state index in [4.69, 9.17) is 11.5 Å². The highest BCUT2D eigenvalue weighted by Gasteiger charge is 2.24. The number of carbonyl (C=O) groups excluding carboxylic acids is 1. The number of hydrogen-bond acceptors (Lipinski definition) is 7. The number of rotatable bonds is 6. The fourth-order valence-corrected chi connectivity index (χ4v) is 4.14. The van der Waals surface area contributed by atoms with Crippen molar-refractivity contribution in [3.05, 3.63) is 35.8 Å². The van der Waals surface area contributed by atoms with Crippen LogP contribution >= 0.6 is 0 Å². The summed E-state index contributed by atoms with van der Waals surface area (Å²) in [5, 5.41) is 6.24. The summed E-state index contributed by atoms with van der Waals surface area (Å²) in [6, 6.07) is 4.67. The maximum absolute atomic E-state index is 14.7. The molecule has 0 bridgehead atoms. The molecule has 1 saturated carbocycles. The van der Waals surface area contributed by atoms with Gasteiger partial charge in [-0.25, -0.2) is 14.4 Å². The zero-order valence-corrected chi connectivity index (χ0v) is 16.9. The van der Waals surface area contributed by atoms with E-state index in [0.29, 0.717) is 5.69 Å². The lowest BCUT2D eigenvalue weighted by atomic mass is 9.91. The van der Waals surface area contributed by atoms with Crippen molar-refractivity contribution in [2.24, 2.45) is 11.5 Å². The van der Waals surface area contributed by atoms with Gasteiger partial charge in [0.25, 0.3) is 5.91 Å². The first kappa shape index (κ1) is 20.3. The molecule has 4 rings (SSSR count). The van der Waals surface area contributed by atoms with Crippen molar-refractivity contribution in [3.63, 3.8) is 0 Å². The second-order valence-corrected chi connectivity index (χ2v) is 8.00. The summed E-state index contributed by atoms with van der Waals surface area (Å²) in [5.41, 5.74) is 12.3. The Hall–Kier alpha value is -2.94. The third-order valence-electron chi connectivity index (χ3n) is 5.82. The Morgan fingerprint density at radius 2 is 1.90 bits per heavy atom. The minimum Gasteiger partial charge on any atom is -0.365 e. The highest BCUT2D eigenvalue weighted by atomic mass is 19.1. The minimum atomic E-state index is -0.751. The normalized spacial score (nSPS) is 21.5. The Balaban J connectivity index is 1.61. The largest absolute Gasteiger partial charge is 0.365 e. The van der Waals surface area contributed by atoms with E-state index in [2.05, 4.69) is 25.5 Å². The van der Waals surface area contributed by atoms with E-state index in [1.807, 2.05) is 6.07 Å². The van der Waals surface area contributed by atoms with Crippen LogP contribution in [0.3, 0.4) is 0 Å². The van der Waals surface area contributed by atoms with E-state index in [-0.39, 0.29) is 29.3 Å². The van der Waals surface area contributed by atoms with Crippen LogP contribution in [0.4, 0.5) is 27.5 Å². The quantitative estimate of drug-likeness (QED) is 0.574. The zero-order chi connectivity index (χ0) is 21.1. The van der Waals surface area contributed by atoms with Crippen LogP contribution in [0.1, 0.15) is 48.9 Å². The molecule has 1 aliphatic heterocycles. The summed E-state index contributed by atoms with van der Waals surface area (Å²) >= 11 is 0. The van der Waals surface area contributed by atoms with Gasteiger partial charge in [0.1, 0.15) is 11.6 Å². The van der Waals surface area contributed by atoms with Crippen LogP contribution in [0.2, 0.25) is 0 Å². The zero-order valence-electron chi connectivity index (χ0n) is 16.9. The molecule has 8 nitrogen and oxygen atoms in total. The summed E-state index contributed by atoms with van der Waals surface area (Å²) < 4.78 is 14.7. The third-order valence-corrected chi connectivity index (χ3v) is 5.82. The smallest absolute Gasteiger partial charge is 0.252 e. The molecule has 3 heterocycles. The number of aromatic nitrogens is 2. The van der Waals surface area contributed by atoms with Gasteiger partial charge in [-0.15, -0.1) is 0 Å². The molecule has 0 radical (unpaired) electrons. The van der Waals surface area contributed by atoms with Gasteiger partial charge >= 0.3 is 0 Å². The van der Waals surface area contributed by atoms with Crippen LogP contribution in [-0.4, -0.2) is 41.0 Å². The molecule has 6 N–H and O–H groups in total. The first-order chi connectivity index (χ1) is 14.5. The molecule has 30 heavy (non-hydrogen) atoms. The van der Waals surface area contributed by atoms with Gasteiger partial charge in [0.2, 0.25) is 0 Å². The average Bonchev–Trinajstić information content (AvgIpc) is 3.27. The van der Waals surface area contributed by atoms with Crippen molar-refractivity contribution in [2.45, 2.75) is 50.6 Å². The fourth-order valence-electron chi connectivity index (χ4n) is 4.14. The van der Waals surface area contributed by atoms with Crippen LogP contribution in [0.25, 0.3) is 0 Å². The van der Waals surface area contributed by atoms with Crippen LogP contribution in [0.5, 0.6) is 0 Å². The lowest BCUT2D eigenvalue weighted by Crippen LogP contribution is -2.43. The van der Waals surface area contributed by atoms with Crippen LogP contribution < -0.4 is 27.0 Å². The number of carbonyl (C=O) groups is 1. The summed E-state index contributed by atoms with van der Waals surface area (Å²) in [7, 11) is 0. The summed E-state index contributed by atoms with van der Waals surface area (Å²) in [6.07, 6.45) is 7.83. The molecule has 2 atom stereocenters. The fraction of sp³-hybridized carbons (Fsp3) is 0.476. The Labute approximate surface area is 175 Å². The number of anilines is 4.